The van der Waals surface area contributed by atoms with Crippen LogP contribution in [-0.2, 0) is 6.42 Å². The van der Waals surface area contributed by atoms with Crippen LogP contribution in [0.5, 0.6) is 5.75 Å². The molecule has 1 aliphatic heterocycles. The molecule has 2 aromatic carbocycles. The van der Waals surface area contributed by atoms with Gasteiger partial charge in [0.2, 0.25) is 0 Å². The highest BCUT2D eigenvalue weighted by molar-refractivity contribution is 5.94. The normalized spacial score (nSPS) is 20.8. The minimum Gasteiger partial charge on any atom is -0.497 e. The number of methoxy groups -OCH3 is 1. The van der Waals surface area contributed by atoms with Crippen LogP contribution in [0.4, 0.5) is 0 Å². The minimum atomic E-state index is 0.0882. The van der Waals surface area contributed by atoms with Gasteiger partial charge in [0.1, 0.15) is 5.75 Å². The first-order chi connectivity index (χ1) is 12.6. The summed E-state index contributed by atoms with van der Waals surface area (Å²) in [7, 11) is 1.62. The van der Waals surface area contributed by atoms with Gasteiger partial charge in [0.05, 0.1) is 7.11 Å². The van der Waals surface area contributed by atoms with E-state index in [1.54, 1.807) is 7.11 Å². The van der Waals surface area contributed by atoms with Crippen LogP contribution in [-0.4, -0.2) is 54.5 Å². The van der Waals surface area contributed by atoms with E-state index >= 15 is 0 Å². The summed E-state index contributed by atoms with van der Waals surface area (Å²) in [5.74, 6) is 0.809. The Balaban J connectivity index is 1.63. The number of carbonyl (C=O) groups is 1. The average molecular weight is 352 g/mol. The summed E-state index contributed by atoms with van der Waals surface area (Å²) in [6.45, 7) is 6.97. The molecule has 138 valence electrons. The van der Waals surface area contributed by atoms with E-state index < -0.39 is 0 Å². The van der Waals surface area contributed by atoms with Crippen molar-refractivity contribution >= 4 is 5.91 Å². The Bertz CT molecular complexity index is 720. The molecular weight excluding hydrogens is 324 g/mol. The van der Waals surface area contributed by atoms with Crippen molar-refractivity contribution in [3.05, 3.63) is 65.7 Å². The van der Waals surface area contributed by atoms with Crippen LogP contribution in [0.1, 0.15) is 29.8 Å². The van der Waals surface area contributed by atoms with E-state index in [9.17, 15) is 4.79 Å². The molecule has 1 aliphatic rings. The van der Waals surface area contributed by atoms with Gasteiger partial charge in [-0.2, -0.15) is 0 Å². The lowest BCUT2D eigenvalue weighted by Gasteiger charge is -2.44. The third-order valence-electron chi connectivity index (χ3n) is 5.21. The van der Waals surface area contributed by atoms with Crippen molar-refractivity contribution in [3.8, 4) is 5.75 Å². The Kier molecular flexibility index (Phi) is 5.94. The number of rotatable bonds is 5. The first-order valence-corrected chi connectivity index (χ1v) is 9.31. The SMILES string of the molecule is COc1cccc(C(=O)N2CC(C)N(CCc3ccccc3)C(C)C2)c1. The predicted molar refractivity (Wildman–Crippen MR) is 105 cm³/mol. The smallest absolute Gasteiger partial charge is 0.254 e. The third-order valence-corrected chi connectivity index (χ3v) is 5.21. The van der Waals surface area contributed by atoms with Crippen LogP contribution in [0.25, 0.3) is 0 Å². The summed E-state index contributed by atoms with van der Waals surface area (Å²) in [4.78, 5) is 17.4. The maximum absolute atomic E-state index is 12.9. The highest BCUT2D eigenvalue weighted by Gasteiger charge is 2.31. The van der Waals surface area contributed by atoms with Gasteiger partial charge in [-0.15, -0.1) is 0 Å². The monoisotopic (exact) mass is 352 g/mol. The zero-order chi connectivity index (χ0) is 18.5. The lowest BCUT2D eigenvalue weighted by atomic mass is 10.0. The van der Waals surface area contributed by atoms with E-state index in [4.69, 9.17) is 4.74 Å². The molecule has 2 atom stereocenters. The number of ether oxygens (including phenoxy) is 1. The van der Waals surface area contributed by atoms with E-state index in [2.05, 4.69) is 49.1 Å². The second-order valence-corrected chi connectivity index (χ2v) is 7.11. The fourth-order valence-electron chi connectivity index (χ4n) is 3.80. The topological polar surface area (TPSA) is 32.8 Å². The molecule has 0 bridgehead atoms. The molecule has 0 aliphatic carbocycles. The lowest BCUT2D eigenvalue weighted by Crippen LogP contribution is -2.58. The van der Waals surface area contributed by atoms with Crippen LogP contribution in [0, 0.1) is 0 Å². The molecule has 0 radical (unpaired) electrons. The molecule has 0 spiro atoms. The third kappa shape index (κ3) is 4.25. The molecule has 2 unspecified atom stereocenters. The maximum Gasteiger partial charge on any atom is 0.254 e. The Labute approximate surface area is 156 Å². The van der Waals surface area contributed by atoms with Crippen LogP contribution in [0.15, 0.2) is 54.6 Å². The molecular formula is C22H28N2O2. The van der Waals surface area contributed by atoms with Gasteiger partial charge in [0, 0.05) is 37.3 Å². The largest absolute Gasteiger partial charge is 0.497 e. The molecule has 2 aromatic rings. The summed E-state index contributed by atoms with van der Waals surface area (Å²) in [5, 5.41) is 0. The van der Waals surface area contributed by atoms with Crippen LogP contribution in [0.3, 0.4) is 0 Å². The molecule has 1 heterocycles. The second-order valence-electron chi connectivity index (χ2n) is 7.11. The number of nitrogens with zero attached hydrogens (tertiary/aromatic N) is 2. The van der Waals surface area contributed by atoms with Gasteiger partial charge < -0.3 is 9.64 Å². The van der Waals surface area contributed by atoms with Crippen molar-refractivity contribution < 1.29 is 9.53 Å². The number of benzene rings is 2. The van der Waals surface area contributed by atoms with Crippen molar-refractivity contribution in [3.63, 3.8) is 0 Å². The van der Waals surface area contributed by atoms with E-state index in [1.165, 1.54) is 5.56 Å². The van der Waals surface area contributed by atoms with Gasteiger partial charge in [-0.25, -0.2) is 0 Å². The van der Waals surface area contributed by atoms with E-state index in [0.29, 0.717) is 17.6 Å². The van der Waals surface area contributed by atoms with Crippen molar-refractivity contribution in [1.82, 2.24) is 9.80 Å². The van der Waals surface area contributed by atoms with Gasteiger partial charge in [-0.05, 0) is 44.0 Å². The van der Waals surface area contributed by atoms with Crippen LogP contribution < -0.4 is 4.74 Å². The molecule has 1 saturated heterocycles. The molecule has 0 saturated carbocycles. The van der Waals surface area contributed by atoms with Gasteiger partial charge in [0.25, 0.3) is 5.91 Å². The molecule has 0 aromatic heterocycles. The fourth-order valence-corrected chi connectivity index (χ4v) is 3.80. The number of hydrogen-bond donors (Lipinski definition) is 0. The molecule has 3 rings (SSSR count). The van der Waals surface area contributed by atoms with E-state index in [0.717, 1.165) is 31.8 Å². The summed E-state index contributed by atoms with van der Waals surface area (Å²) in [5.41, 5.74) is 2.06. The second kappa shape index (κ2) is 8.37. The van der Waals surface area contributed by atoms with Gasteiger partial charge in [0.15, 0.2) is 0 Å². The summed E-state index contributed by atoms with van der Waals surface area (Å²) < 4.78 is 5.25. The van der Waals surface area contributed by atoms with Crippen LogP contribution >= 0.6 is 0 Å². The lowest BCUT2D eigenvalue weighted by molar-refractivity contribution is 0.0311. The van der Waals surface area contributed by atoms with Gasteiger partial charge >= 0.3 is 0 Å². The van der Waals surface area contributed by atoms with Crippen molar-refractivity contribution in [1.29, 1.82) is 0 Å². The van der Waals surface area contributed by atoms with Crippen LogP contribution in [0.2, 0.25) is 0 Å². The Morgan fingerprint density at radius 3 is 2.38 bits per heavy atom. The number of piperazine rings is 1. The van der Waals surface area contributed by atoms with E-state index in [1.807, 2.05) is 29.2 Å². The van der Waals surface area contributed by atoms with Crippen molar-refractivity contribution in [2.45, 2.75) is 32.4 Å². The summed E-state index contributed by atoms with van der Waals surface area (Å²) in [6.07, 6.45) is 1.04. The zero-order valence-electron chi connectivity index (χ0n) is 15.9. The molecule has 4 nitrogen and oxygen atoms in total. The quantitative estimate of drug-likeness (QED) is 0.826. The predicted octanol–water partition coefficient (Wildman–Crippen LogP) is 3.47. The fraction of sp³-hybridized carbons (Fsp3) is 0.409. The minimum absolute atomic E-state index is 0.0882. The highest BCUT2D eigenvalue weighted by Crippen LogP contribution is 2.20. The zero-order valence-corrected chi connectivity index (χ0v) is 15.9. The summed E-state index contributed by atoms with van der Waals surface area (Å²) >= 11 is 0. The number of carbonyl (C=O) groups excluding carboxylic acids is 1. The molecule has 1 fully saturated rings. The first-order valence-electron chi connectivity index (χ1n) is 9.31. The molecule has 0 N–H and O–H groups in total. The number of amides is 1. The van der Waals surface area contributed by atoms with E-state index in [-0.39, 0.29) is 5.91 Å². The Morgan fingerprint density at radius 2 is 1.73 bits per heavy atom. The molecule has 4 heteroatoms. The number of hydrogen-bond acceptors (Lipinski definition) is 3. The standard InChI is InChI=1S/C22H28N2O2/c1-17-15-23(22(25)20-10-7-11-21(14-20)26-3)16-18(2)24(17)13-12-19-8-5-4-6-9-19/h4-11,14,17-18H,12-13,15-16H2,1-3H3. The van der Waals surface area contributed by atoms with Gasteiger partial charge in [-0.3, -0.25) is 9.69 Å². The molecule has 26 heavy (non-hydrogen) atoms. The highest BCUT2D eigenvalue weighted by atomic mass is 16.5. The summed E-state index contributed by atoms with van der Waals surface area (Å²) in [6, 6.07) is 18.7. The van der Waals surface area contributed by atoms with Crippen molar-refractivity contribution in [2.75, 3.05) is 26.7 Å². The Morgan fingerprint density at radius 1 is 1.04 bits per heavy atom. The maximum atomic E-state index is 12.9. The average Bonchev–Trinajstić information content (AvgIpc) is 2.67. The first kappa shape index (κ1) is 18.5. The van der Waals surface area contributed by atoms with Crippen molar-refractivity contribution in [2.24, 2.45) is 0 Å². The molecule has 1 amide bonds. The Hall–Kier alpha value is -2.33. The van der Waals surface area contributed by atoms with Gasteiger partial charge in [-0.1, -0.05) is 36.4 Å².